The van der Waals surface area contributed by atoms with Crippen molar-refractivity contribution in [3.8, 4) is 0 Å². The summed E-state index contributed by atoms with van der Waals surface area (Å²) in [6, 6.07) is 0. The zero-order chi connectivity index (χ0) is 19.9. The molecule has 6 heteroatoms. The zero-order valence-corrected chi connectivity index (χ0v) is 16.2. The number of aliphatic carboxylic acids is 1. The number of carboxylic acids is 1. The van der Waals surface area contributed by atoms with Gasteiger partial charge in [0.05, 0.1) is 5.92 Å². The van der Waals surface area contributed by atoms with Gasteiger partial charge in [-0.1, -0.05) is 13.8 Å². The van der Waals surface area contributed by atoms with Crippen molar-refractivity contribution in [2.24, 2.45) is 52.3 Å². The van der Waals surface area contributed by atoms with Gasteiger partial charge in [0.25, 0.3) is 0 Å². The molecule has 4 bridgehead atoms. The molecule has 0 aromatic rings. The standard InChI is InChI=1S/C21H29F3O3/c1-4-20(3,21(22,23)24)18(27)19(2)8-11-5-12(9-19)16-13-6-10(15(11)16)7-14(13)17(25)26/h10-16H,4-9H2,1-3H3,(H,25,26)/t10?,11?,12?,13?,14?,15?,16?,19-,20?/m0/s1. The average Bonchev–Trinajstić information content (AvgIpc) is 3.23. The van der Waals surface area contributed by atoms with Crippen LogP contribution >= 0.6 is 0 Å². The van der Waals surface area contributed by atoms with Crippen LogP contribution in [0.5, 0.6) is 0 Å². The molecule has 3 nitrogen and oxygen atoms in total. The summed E-state index contributed by atoms with van der Waals surface area (Å²) in [5, 5.41) is 9.54. The second-order valence-corrected chi connectivity index (χ2v) is 10.2. The summed E-state index contributed by atoms with van der Waals surface area (Å²) < 4.78 is 41.1. The van der Waals surface area contributed by atoms with Crippen LogP contribution in [0.25, 0.3) is 0 Å². The smallest absolute Gasteiger partial charge is 0.401 e. The fourth-order valence-electron chi connectivity index (χ4n) is 7.82. The van der Waals surface area contributed by atoms with Crippen LogP contribution in [0, 0.1) is 52.3 Å². The van der Waals surface area contributed by atoms with E-state index in [0.717, 1.165) is 19.8 Å². The number of fused-ring (bicyclic) bond motifs is 9. The lowest BCUT2D eigenvalue weighted by Crippen LogP contribution is -2.51. The lowest BCUT2D eigenvalue weighted by molar-refractivity contribution is -0.222. The van der Waals surface area contributed by atoms with Crippen molar-refractivity contribution in [3.05, 3.63) is 0 Å². The van der Waals surface area contributed by atoms with E-state index in [0.29, 0.717) is 37.0 Å². The number of carboxylic acid groups (broad SMARTS) is 1. The van der Waals surface area contributed by atoms with Gasteiger partial charge >= 0.3 is 12.1 Å². The summed E-state index contributed by atoms with van der Waals surface area (Å²) >= 11 is 0. The minimum Gasteiger partial charge on any atom is -0.481 e. The Labute approximate surface area is 158 Å². The maximum absolute atomic E-state index is 13.7. The van der Waals surface area contributed by atoms with Gasteiger partial charge in [0.2, 0.25) is 0 Å². The number of alkyl halides is 3. The van der Waals surface area contributed by atoms with E-state index in [9.17, 15) is 27.9 Å². The van der Waals surface area contributed by atoms with Gasteiger partial charge in [0.15, 0.2) is 5.78 Å². The van der Waals surface area contributed by atoms with E-state index in [1.807, 2.05) is 0 Å². The maximum Gasteiger partial charge on any atom is 0.401 e. The summed E-state index contributed by atoms with van der Waals surface area (Å²) in [5.41, 5.74) is -3.24. The van der Waals surface area contributed by atoms with Crippen LogP contribution in [0.4, 0.5) is 13.2 Å². The summed E-state index contributed by atoms with van der Waals surface area (Å²) in [7, 11) is 0. The molecular formula is C21H29F3O3. The number of hydrogen-bond acceptors (Lipinski definition) is 2. The lowest BCUT2D eigenvalue weighted by Gasteiger charge is -2.43. The van der Waals surface area contributed by atoms with Gasteiger partial charge < -0.3 is 5.11 Å². The van der Waals surface area contributed by atoms with Crippen LogP contribution in [0.2, 0.25) is 0 Å². The van der Waals surface area contributed by atoms with Crippen molar-refractivity contribution < 1.29 is 27.9 Å². The van der Waals surface area contributed by atoms with Crippen molar-refractivity contribution in [2.75, 3.05) is 0 Å². The Kier molecular flexibility index (Phi) is 4.08. The van der Waals surface area contributed by atoms with Gasteiger partial charge in [-0.2, -0.15) is 13.2 Å². The predicted molar refractivity (Wildman–Crippen MR) is 92.7 cm³/mol. The highest BCUT2D eigenvalue weighted by molar-refractivity contribution is 5.90. The van der Waals surface area contributed by atoms with E-state index >= 15 is 0 Å². The zero-order valence-electron chi connectivity index (χ0n) is 16.2. The molecule has 0 aromatic carbocycles. The fourth-order valence-corrected chi connectivity index (χ4v) is 7.82. The van der Waals surface area contributed by atoms with E-state index in [4.69, 9.17) is 0 Å². The molecule has 27 heavy (non-hydrogen) atoms. The van der Waals surface area contributed by atoms with Crippen LogP contribution in [-0.2, 0) is 9.59 Å². The summed E-state index contributed by atoms with van der Waals surface area (Å²) in [6.45, 7) is 4.24. The van der Waals surface area contributed by atoms with Crippen molar-refractivity contribution in [1.82, 2.24) is 0 Å². The predicted octanol–water partition coefficient (Wildman–Crippen LogP) is 4.94. The van der Waals surface area contributed by atoms with Crippen LogP contribution in [0.1, 0.15) is 59.3 Å². The van der Waals surface area contributed by atoms with Crippen molar-refractivity contribution in [2.45, 2.75) is 65.5 Å². The number of rotatable bonds is 4. The Hall–Kier alpha value is -1.07. The third-order valence-corrected chi connectivity index (χ3v) is 8.95. The second kappa shape index (κ2) is 5.73. The van der Waals surface area contributed by atoms with E-state index in [2.05, 4.69) is 0 Å². The van der Waals surface area contributed by atoms with Crippen LogP contribution in [-0.4, -0.2) is 23.0 Å². The molecule has 0 spiro atoms. The van der Waals surface area contributed by atoms with E-state index in [-0.39, 0.29) is 30.1 Å². The molecule has 4 aliphatic carbocycles. The van der Waals surface area contributed by atoms with E-state index in [1.54, 1.807) is 6.92 Å². The monoisotopic (exact) mass is 386 g/mol. The third-order valence-electron chi connectivity index (χ3n) is 8.95. The van der Waals surface area contributed by atoms with Gasteiger partial charge in [-0.3, -0.25) is 9.59 Å². The largest absolute Gasteiger partial charge is 0.481 e. The number of carbonyl (C=O) groups excluding carboxylic acids is 1. The molecule has 9 atom stereocenters. The first-order chi connectivity index (χ1) is 12.4. The molecule has 4 rings (SSSR count). The molecule has 0 heterocycles. The quantitative estimate of drug-likeness (QED) is 0.696. The Balaban J connectivity index is 1.62. The molecule has 0 aliphatic heterocycles. The number of carbonyl (C=O) groups is 2. The Morgan fingerprint density at radius 3 is 2.15 bits per heavy atom. The molecule has 4 saturated carbocycles. The molecule has 0 aromatic heterocycles. The maximum atomic E-state index is 13.7. The highest BCUT2D eigenvalue weighted by Gasteiger charge is 2.67. The number of hydrogen-bond donors (Lipinski definition) is 1. The first-order valence-electron chi connectivity index (χ1n) is 10.3. The average molecular weight is 386 g/mol. The van der Waals surface area contributed by atoms with E-state index < -0.39 is 28.8 Å². The Morgan fingerprint density at radius 1 is 1.04 bits per heavy atom. The SMILES string of the molecule is CCC(C)(C(=O)[C@@]1(C)CC2CC(C1)C1C3CC(CC3C(=O)O)C21)C(F)(F)F. The Morgan fingerprint density at radius 2 is 1.63 bits per heavy atom. The molecule has 0 amide bonds. The molecule has 8 unspecified atom stereocenters. The van der Waals surface area contributed by atoms with E-state index in [1.165, 1.54) is 6.92 Å². The van der Waals surface area contributed by atoms with Crippen LogP contribution in [0.3, 0.4) is 0 Å². The first-order valence-corrected chi connectivity index (χ1v) is 10.3. The molecule has 152 valence electrons. The highest BCUT2D eigenvalue weighted by atomic mass is 19.4. The minimum atomic E-state index is -4.54. The van der Waals surface area contributed by atoms with Crippen LogP contribution < -0.4 is 0 Å². The lowest BCUT2D eigenvalue weighted by atomic mass is 9.60. The Bertz CT molecular complexity index is 674. The summed E-state index contributed by atoms with van der Waals surface area (Å²) in [4.78, 5) is 24.8. The fraction of sp³-hybridized carbons (Fsp3) is 0.905. The third kappa shape index (κ3) is 2.46. The number of Topliss-reactive ketones (excluding diaryl/α,β-unsaturated/α-hetero) is 1. The van der Waals surface area contributed by atoms with Gasteiger partial charge in [0, 0.05) is 5.41 Å². The summed E-state index contributed by atoms with van der Waals surface area (Å²) in [6.07, 6.45) is -1.11. The second-order valence-electron chi connectivity index (χ2n) is 10.2. The number of ketones is 1. The molecule has 4 fully saturated rings. The van der Waals surface area contributed by atoms with Gasteiger partial charge in [-0.15, -0.1) is 0 Å². The van der Waals surface area contributed by atoms with Crippen molar-refractivity contribution >= 4 is 11.8 Å². The first kappa shape index (κ1) is 19.3. The normalized spacial score (nSPS) is 47.6. The molecule has 1 N–H and O–H groups in total. The molecule has 4 aliphatic rings. The summed E-state index contributed by atoms with van der Waals surface area (Å²) in [5.74, 6) is 0.0642. The van der Waals surface area contributed by atoms with Crippen LogP contribution in [0.15, 0.2) is 0 Å². The van der Waals surface area contributed by atoms with Gasteiger partial charge in [-0.05, 0) is 81.0 Å². The highest BCUT2D eigenvalue weighted by Crippen LogP contribution is 2.70. The minimum absolute atomic E-state index is 0.158. The van der Waals surface area contributed by atoms with Gasteiger partial charge in [0.1, 0.15) is 5.41 Å². The molecule has 0 saturated heterocycles. The molecular weight excluding hydrogens is 357 g/mol. The number of halogens is 3. The molecule has 0 radical (unpaired) electrons. The van der Waals surface area contributed by atoms with Crippen molar-refractivity contribution in [1.29, 1.82) is 0 Å². The topological polar surface area (TPSA) is 54.4 Å². The van der Waals surface area contributed by atoms with Gasteiger partial charge in [-0.25, -0.2) is 0 Å². The van der Waals surface area contributed by atoms with Crippen molar-refractivity contribution in [3.63, 3.8) is 0 Å².